The fourth-order valence-electron chi connectivity index (χ4n) is 9.69. The zero-order valence-corrected chi connectivity index (χ0v) is 31.2. The Labute approximate surface area is 322 Å². The van der Waals surface area contributed by atoms with E-state index in [4.69, 9.17) is 9.47 Å². The van der Waals surface area contributed by atoms with Gasteiger partial charge >= 0.3 is 5.97 Å². The molecule has 2 aliphatic heterocycles. The van der Waals surface area contributed by atoms with Crippen molar-refractivity contribution in [1.82, 2.24) is 15.5 Å². The van der Waals surface area contributed by atoms with E-state index in [-0.39, 0.29) is 38.1 Å². The van der Waals surface area contributed by atoms with Crippen LogP contribution in [0.25, 0.3) is 0 Å². The normalized spacial score (nSPS) is 28.6. The second-order valence-corrected chi connectivity index (χ2v) is 15.1. The largest absolute Gasteiger partial charge is 0.491 e. The van der Waals surface area contributed by atoms with Gasteiger partial charge in [0.2, 0.25) is 5.91 Å². The fraction of sp³-hybridized carbons (Fsp3) is 0.400. The van der Waals surface area contributed by atoms with E-state index in [1.165, 1.54) is 0 Å². The molecule has 55 heavy (non-hydrogen) atoms. The summed E-state index contributed by atoms with van der Waals surface area (Å²) >= 11 is 0. The molecule has 7 rings (SSSR count). The zero-order valence-electron chi connectivity index (χ0n) is 31.2. The summed E-state index contributed by atoms with van der Waals surface area (Å²) < 4.78 is 12.3. The van der Waals surface area contributed by atoms with Crippen molar-refractivity contribution in [3.63, 3.8) is 0 Å². The molecule has 3 fully saturated rings. The van der Waals surface area contributed by atoms with Crippen LogP contribution in [0.5, 0.6) is 5.75 Å². The number of cyclic esters (lactones) is 1. The minimum atomic E-state index is -1.07. The third-order valence-electron chi connectivity index (χ3n) is 12.1. The highest BCUT2D eigenvalue weighted by molar-refractivity contribution is 5.89. The average Bonchev–Trinajstić information content (AvgIpc) is 3.36. The van der Waals surface area contributed by atoms with Crippen LogP contribution in [-0.2, 0) is 19.1 Å². The predicted octanol–water partition coefficient (Wildman–Crippen LogP) is 5.64. The third-order valence-corrected chi connectivity index (χ3v) is 12.1. The Kier molecular flexibility index (Phi) is 12.1. The number of aliphatic hydroxyl groups excluding tert-OH is 2. The quantitative estimate of drug-likeness (QED) is 0.107. The number of aliphatic hydroxyl groups is 2. The molecule has 0 bridgehead atoms. The first-order valence-corrected chi connectivity index (χ1v) is 19.4. The molecule has 9 atom stereocenters. The molecule has 4 aromatic carbocycles. The van der Waals surface area contributed by atoms with Gasteiger partial charge in [0, 0.05) is 24.5 Å². The molecule has 3 aliphatic rings. The van der Waals surface area contributed by atoms with Crippen LogP contribution in [0, 0.1) is 17.3 Å². The van der Waals surface area contributed by atoms with Crippen LogP contribution in [-0.4, -0.2) is 72.2 Å². The molecular formula is C45H51N3O7. The van der Waals surface area contributed by atoms with E-state index >= 15 is 0 Å². The molecule has 0 radical (unpaired) electrons. The van der Waals surface area contributed by atoms with E-state index in [9.17, 15) is 24.6 Å². The molecule has 1 aliphatic carbocycles. The summed E-state index contributed by atoms with van der Waals surface area (Å²) in [4.78, 5) is 46.0. The van der Waals surface area contributed by atoms with Gasteiger partial charge < -0.3 is 35.1 Å². The van der Waals surface area contributed by atoms with Crippen molar-refractivity contribution in [1.29, 1.82) is 0 Å². The van der Waals surface area contributed by atoms with Crippen LogP contribution in [0.2, 0.25) is 0 Å². The highest BCUT2D eigenvalue weighted by Gasteiger charge is 2.62. The molecule has 288 valence electrons. The van der Waals surface area contributed by atoms with Crippen LogP contribution in [0.3, 0.4) is 0 Å². The number of nitrogens with zero attached hydrogens (tertiary/aromatic N) is 1. The molecule has 2 heterocycles. The van der Waals surface area contributed by atoms with Crippen molar-refractivity contribution in [2.24, 2.45) is 17.3 Å². The second kappa shape index (κ2) is 17.3. The smallest absolute Gasteiger partial charge is 0.324 e. The Bertz CT molecular complexity index is 1880. The van der Waals surface area contributed by atoms with Crippen LogP contribution < -0.4 is 15.4 Å². The Morgan fingerprint density at radius 2 is 1.53 bits per heavy atom. The van der Waals surface area contributed by atoms with Crippen molar-refractivity contribution in [2.75, 3.05) is 26.8 Å². The van der Waals surface area contributed by atoms with Crippen LogP contribution >= 0.6 is 0 Å². The van der Waals surface area contributed by atoms with Crippen molar-refractivity contribution in [3.05, 3.63) is 138 Å². The number of carbonyl (C=O) groups excluding carboxylic acids is 3. The molecule has 10 heteroatoms. The van der Waals surface area contributed by atoms with E-state index < -0.39 is 53.6 Å². The first-order chi connectivity index (χ1) is 26.9. The van der Waals surface area contributed by atoms with Gasteiger partial charge in [-0.25, -0.2) is 0 Å². The van der Waals surface area contributed by atoms with Gasteiger partial charge in [-0.3, -0.25) is 14.5 Å². The maximum Gasteiger partial charge on any atom is 0.324 e. The van der Waals surface area contributed by atoms with Gasteiger partial charge in [0.25, 0.3) is 0 Å². The summed E-state index contributed by atoms with van der Waals surface area (Å²) in [5, 5.41) is 27.1. The number of hydrogen-bond donors (Lipinski definition) is 4. The summed E-state index contributed by atoms with van der Waals surface area (Å²) in [5.41, 5.74) is 2.45. The second-order valence-electron chi connectivity index (χ2n) is 15.1. The SMILES string of the molecule is CNC1CCCCC12C[C@@H](C(=O)NCC(O)c1ccccc1)[C@@H]1C(=O)O[C@@H](c3ccccc3)[C@@H](c3ccccc3)N1[C@@H](c1ccc(OCCO)cc1)[C@H]2C=O. The lowest BCUT2D eigenvalue weighted by atomic mass is 9.57. The van der Waals surface area contributed by atoms with Gasteiger partial charge in [0.15, 0.2) is 0 Å². The van der Waals surface area contributed by atoms with Crippen molar-refractivity contribution >= 4 is 18.2 Å². The molecule has 3 unspecified atom stereocenters. The van der Waals surface area contributed by atoms with Gasteiger partial charge in [0.05, 0.1) is 24.7 Å². The van der Waals surface area contributed by atoms with E-state index in [2.05, 4.69) is 15.5 Å². The minimum absolute atomic E-state index is 0.0475. The number of carbonyl (C=O) groups is 3. The standard InChI is InChI=1S/C45H51N3O7/c1-46-38-19-11-12-24-45(38)27-35(43(52)47-28-37(51)30-13-5-2-6-14-30)41-44(53)55-42(33-17-9-4-10-18-33)40(31-15-7-3-8-16-31)48(41)39(36(45)29-50)32-20-22-34(23-21-32)54-26-25-49/h2-10,13-18,20-23,29,35-42,46,49,51H,11-12,19,24-28H2,1H3,(H,47,52)/t35-,36-,37?,38?,39+,40-,41-,42+,45?/m1/s1. The Balaban J connectivity index is 1.43. The highest BCUT2D eigenvalue weighted by atomic mass is 16.6. The summed E-state index contributed by atoms with van der Waals surface area (Å²) in [6.45, 7) is -0.0416. The molecule has 4 aromatic rings. The van der Waals surface area contributed by atoms with E-state index in [0.717, 1.165) is 42.2 Å². The van der Waals surface area contributed by atoms with Gasteiger partial charge in [-0.2, -0.15) is 0 Å². The van der Waals surface area contributed by atoms with E-state index in [0.29, 0.717) is 17.7 Å². The minimum Gasteiger partial charge on any atom is -0.491 e. The first kappa shape index (κ1) is 38.4. The monoisotopic (exact) mass is 745 g/mol. The number of fused-ring (bicyclic) bond motifs is 1. The molecule has 4 N–H and O–H groups in total. The number of benzene rings is 4. The number of ether oxygens (including phenoxy) is 2. The number of esters is 1. The lowest BCUT2D eigenvalue weighted by Gasteiger charge is -2.52. The van der Waals surface area contributed by atoms with Gasteiger partial charge in [-0.1, -0.05) is 116 Å². The van der Waals surface area contributed by atoms with Crippen LogP contribution in [0.15, 0.2) is 115 Å². The Morgan fingerprint density at radius 1 is 0.891 bits per heavy atom. The van der Waals surface area contributed by atoms with E-state index in [1.54, 1.807) is 0 Å². The number of rotatable bonds is 12. The third kappa shape index (κ3) is 7.69. The first-order valence-electron chi connectivity index (χ1n) is 19.4. The Hall–Kier alpha value is -4.87. The molecule has 1 amide bonds. The van der Waals surface area contributed by atoms with Crippen LogP contribution in [0.1, 0.15) is 78.6 Å². The van der Waals surface area contributed by atoms with Crippen molar-refractivity contribution in [2.45, 2.75) is 68.5 Å². The van der Waals surface area contributed by atoms with Gasteiger partial charge in [-0.15, -0.1) is 0 Å². The van der Waals surface area contributed by atoms with Gasteiger partial charge in [-0.05, 0) is 66.1 Å². The number of morpholine rings is 1. The van der Waals surface area contributed by atoms with E-state index in [1.807, 2.05) is 122 Å². The molecule has 1 saturated carbocycles. The molecule has 2 saturated heterocycles. The number of amides is 1. The Morgan fingerprint density at radius 3 is 2.16 bits per heavy atom. The lowest BCUT2D eigenvalue weighted by Crippen LogP contribution is -2.58. The molecule has 1 spiro atoms. The number of hydrogen-bond acceptors (Lipinski definition) is 9. The molecular weight excluding hydrogens is 695 g/mol. The number of aldehydes is 1. The maximum atomic E-state index is 14.9. The number of nitrogens with one attached hydrogen (secondary N) is 2. The van der Waals surface area contributed by atoms with Crippen molar-refractivity contribution < 1.29 is 34.1 Å². The summed E-state index contributed by atoms with van der Waals surface area (Å²) in [5.74, 6) is -1.90. The lowest BCUT2D eigenvalue weighted by molar-refractivity contribution is -0.186. The molecule has 0 aromatic heterocycles. The topological polar surface area (TPSA) is 137 Å². The van der Waals surface area contributed by atoms with Crippen LogP contribution in [0.4, 0.5) is 0 Å². The zero-order chi connectivity index (χ0) is 38.4. The highest BCUT2D eigenvalue weighted by Crippen LogP contribution is 2.60. The summed E-state index contributed by atoms with van der Waals surface area (Å²) in [6.07, 6.45) is 2.95. The predicted molar refractivity (Wildman–Crippen MR) is 208 cm³/mol. The molecule has 10 nitrogen and oxygen atoms in total. The fourth-order valence-corrected chi connectivity index (χ4v) is 9.69. The summed E-state index contributed by atoms with van der Waals surface area (Å²) in [6, 6.07) is 33.8. The summed E-state index contributed by atoms with van der Waals surface area (Å²) in [7, 11) is 1.91. The van der Waals surface area contributed by atoms with Gasteiger partial charge in [0.1, 0.15) is 30.8 Å². The maximum absolute atomic E-state index is 14.9. The van der Waals surface area contributed by atoms with Crippen molar-refractivity contribution in [3.8, 4) is 5.75 Å². The average molecular weight is 746 g/mol.